The maximum atomic E-state index is 9.77. The molecule has 0 aliphatic heterocycles. The second kappa shape index (κ2) is 5.90. The zero-order chi connectivity index (χ0) is 10.2. The molecule has 0 spiro atoms. The maximum Gasteiger partial charge on any atom is 0.235 e. The average Bonchev–Trinajstić information content (AvgIpc) is 2.20. The van der Waals surface area contributed by atoms with Gasteiger partial charge in [-0.3, -0.25) is 0 Å². The molecule has 0 unspecified atom stereocenters. The first-order valence-corrected chi connectivity index (χ1v) is 4.57. The Labute approximate surface area is 84.0 Å². The molecule has 0 amide bonds. The van der Waals surface area contributed by atoms with Gasteiger partial charge in [-0.15, -0.1) is 0 Å². The van der Waals surface area contributed by atoms with Gasteiger partial charge in [0.1, 0.15) is 0 Å². The molecule has 1 rings (SSSR count). The van der Waals surface area contributed by atoms with Gasteiger partial charge in [-0.25, -0.2) is 9.79 Å². The summed E-state index contributed by atoms with van der Waals surface area (Å²) in [6, 6.07) is 8.24. The summed E-state index contributed by atoms with van der Waals surface area (Å²) in [5.41, 5.74) is 2.59. The Kier molecular flexibility index (Phi) is 4.39. The number of hydrogen-bond acceptors (Lipinski definition) is 2. The normalized spacial score (nSPS) is 10.1. The molecular weight excluding hydrogens is 174 g/mol. The van der Waals surface area contributed by atoms with Crippen LogP contribution >= 0.6 is 0 Å². The van der Waals surface area contributed by atoms with Crippen molar-refractivity contribution < 1.29 is 4.79 Å². The van der Waals surface area contributed by atoms with Crippen molar-refractivity contribution >= 4 is 6.08 Å². The van der Waals surface area contributed by atoms with Gasteiger partial charge in [-0.2, -0.15) is 0 Å². The monoisotopic (exact) mass is 187 g/mol. The second-order valence-electron chi connectivity index (χ2n) is 3.03. The summed E-state index contributed by atoms with van der Waals surface area (Å²) in [5, 5.41) is 0. The molecule has 0 aliphatic carbocycles. The summed E-state index contributed by atoms with van der Waals surface area (Å²) in [5.74, 6) is 0. The standard InChI is InChI=1S/C12H13NO/c1-11-6-2-3-7-12(11)8-4-5-9-13-10-14/h2-7H,8-9H2,1H3/b5-4-. The zero-order valence-electron chi connectivity index (χ0n) is 8.23. The van der Waals surface area contributed by atoms with Crippen molar-refractivity contribution in [1.29, 1.82) is 0 Å². The van der Waals surface area contributed by atoms with Crippen molar-refractivity contribution in [2.24, 2.45) is 4.99 Å². The number of benzene rings is 1. The first-order chi connectivity index (χ1) is 6.84. The van der Waals surface area contributed by atoms with E-state index in [1.54, 1.807) is 0 Å². The van der Waals surface area contributed by atoms with Crippen LogP contribution in [0.25, 0.3) is 0 Å². The average molecular weight is 187 g/mol. The van der Waals surface area contributed by atoms with Gasteiger partial charge in [-0.1, -0.05) is 36.4 Å². The van der Waals surface area contributed by atoms with E-state index in [-0.39, 0.29) is 0 Å². The summed E-state index contributed by atoms with van der Waals surface area (Å²) >= 11 is 0. The van der Waals surface area contributed by atoms with E-state index in [2.05, 4.69) is 24.0 Å². The summed E-state index contributed by atoms with van der Waals surface area (Å²) in [4.78, 5) is 13.2. The molecule has 2 nitrogen and oxygen atoms in total. The minimum atomic E-state index is 0.426. The molecule has 72 valence electrons. The minimum Gasteiger partial charge on any atom is -0.211 e. The summed E-state index contributed by atoms with van der Waals surface area (Å²) in [6.45, 7) is 2.52. The highest BCUT2D eigenvalue weighted by Crippen LogP contribution is 2.07. The van der Waals surface area contributed by atoms with Crippen LogP contribution in [-0.4, -0.2) is 12.6 Å². The second-order valence-corrected chi connectivity index (χ2v) is 3.03. The van der Waals surface area contributed by atoms with Crippen LogP contribution in [-0.2, 0) is 11.2 Å². The molecule has 1 aromatic carbocycles. The number of rotatable bonds is 4. The molecule has 2 heteroatoms. The molecule has 0 saturated carbocycles. The third kappa shape index (κ3) is 3.38. The number of hydrogen-bond donors (Lipinski definition) is 0. The van der Waals surface area contributed by atoms with E-state index in [9.17, 15) is 4.79 Å². The van der Waals surface area contributed by atoms with E-state index in [1.807, 2.05) is 24.3 Å². The van der Waals surface area contributed by atoms with Crippen LogP contribution in [0.1, 0.15) is 11.1 Å². The first-order valence-electron chi connectivity index (χ1n) is 4.57. The van der Waals surface area contributed by atoms with E-state index in [1.165, 1.54) is 17.2 Å². The van der Waals surface area contributed by atoms with Gasteiger partial charge in [0.15, 0.2) is 0 Å². The van der Waals surface area contributed by atoms with Crippen molar-refractivity contribution in [3.05, 3.63) is 47.5 Å². The predicted molar refractivity (Wildman–Crippen MR) is 57.0 cm³/mol. The van der Waals surface area contributed by atoms with Crippen LogP contribution in [0.3, 0.4) is 0 Å². The number of nitrogens with zero attached hydrogens (tertiary/aromatic N) is 1. The zero-order valence-corrected chi connectivity index (χ0v) is 8.23. The molecule has 0 saturated heterocycles. The fourth-order valence-corrected chi connectivity index (χ4v) is 1.21. The molecule has 0 bridgehead atoms. The van der Waals surface area contributed by atoms with Crippen molar-refractivity contribution in [2.75, 3.05) is 6.54 Å². The Morgan fingerprint density at radius 1 is 1.36 bits per heavy atom. The first kappa shape index (κ1) is 10.4. The number of carbonyl (C=O) groups excluding carboxylic acids is 1. The Hall–Kier alpha value is -1.66. The number of aryl methyl sites for hydroxylation is 1. The fourth-order valence-electron chi connectivity index (χ4n) is 1.21. The Bertz CT molecular complexity index is 362. The smallest absolute Gasteiger partial charge is 0.211 e. The fraction of sp³-hybridized carbons (Fsp3) is 0.250. The lowest BCUT2D eigenvalue weighted by Crippen LogP contribution is -1.85. The van der Waals surface area contributed by atoms with Crippen LogP contribution in [0.15, 0.2) is 41.4 Å². The van der Waals surface area contributed by atoms with Gasteiger partial charge in [0.25, 0.3) is 0 Å². The van der Waals surface area contributed by atoms with E-state index in [0.29, 0.717) is 6.54 Å². The SMILES string of the molecule is Cc1ccccc1C/C=C\CN=C=O. The van der Waals surface area contributed by atoms with Gasteiger partial charge >= 0.3 is 0 Å². The Morgan fingerprint density at radius 3 is 2.86 bits per heavy atom. The molecule has 0 N–H and O–H groups in total. The maximum absolute atomic E-state index is 9.77. The number of allylic oxidation sites excluding steroid dienone is 1. The molecule has 0 radical (unpaired) electrons. The van der Waals surface area contributed by atoms with Crippen LogP contribution < -0.4 is 0 Å². The van der Waals surface area contributed by atoms with Crippen LogP contribution in [0.4, 0.5) is 0 Å². The lowest BCUT2D eigenvalue weighted by atomic mass is 10.1. The van der Waals surface area contributed by atoms with Gasteiger partial charge in [0.2, 0.25) is 6.08 Å². The Morgan fingerprint density at radius 2 is 2.14 bits per heavy atom. The van der Waals surface area contributed by atoms with Crippen LogP contribution in [0.2, 0.25) is 0 Å². The predicted octanol–water partition coefficient (Wildman–Crippen LogP) is 2.43. The van der Waals surface area contributed by atoms with Crippen molar-refractivity contribution in [2.45, 2.75) is 13.3 Å². The quantitative estimate of drug-likeness (QED) is 0.404. The summed E-state index contributed by atoms with van der Waals surface area (Å²) < 4.78 is 0. The lowest BCUT2D eigenvalue weighted by molar-refractivity contribution is 0.564. The molecule has 14 heavy (non-hydrogen) atoms. The highest BCUT2D eigenvalue weighted by atomic mass is 16.1. The van der Waals surface area contributed by atoms with Crippen molar-refractivity contribution in [3.63, 3.8) is 0 Å². The summed E-state index contributed by atoms with van der Waals surface area (Å²) in [7, 11) is 0. The van der Waals surface area contributed by atoms with Crippen LogP contribution in [0.5, 0.6) is 0 Å². The summed E-state index contributed by atoms with van der Waals surface area (Å²) in [6.07, 6.45) is 6.28. The molecule has 1 aromatic rings. The highest BCUT2D eigenvalue weighted by molar-refractivity contribution is 5.33. The van der Waals surface area contributed by atoms with Crippen LogP contribution in [0, 0.1) is 6.92 Å². The molecule has 0 aromatic heterocycles. The molecule has 0 fully saturated rings. The van der Waals surface area contributed by atoms with E-state index >= 15 is 0 Å². The molecule has 0 aliphatic rings. The number of isocyanates is 1. The van der Waals surface area contributed by atoms with Crippen molar-refractivity contribution in [3.8, 4) is 0 Å². The number of aliphatic imine (C=N–C) groups is 1. The van der Waals surface area contributed by atoms with Gasteiger partial charge in [0.05, 0.1) is 6.54 Å². The third-order valence-corrected chi connectivity index (χ3v) is 2.03. The topological polar surface area (TPSA) is 29.4 Å². The Balaban J connectivity index is 2.49. The van der Waals surface area contributed by atoms with E-state index < -0.39 is 0 Å². The minimum absolute atomic E-state index is 0.426. The lowest BCUT2D eigenvalue weighted by Gasteiger charge is -2.00. The van der Waals surface area contributed by atoms with E-state index in [0.717, 1.165) is 6.42 Å². The van der Waals surface area contributed by atoms with Gasteiger partial charge in [-0.05, 0) is 24.5 Å². The largest absolute Gasteiger partial charge is 0.235 e. The molecule has 0 atom stereocenters. The van der Waals surface area contributed by atoms with E-state index in [4.69, 9.17) is 0 Å². The van der Waals surface area contributed by atoms with Crippen molar-refractivity contribution in [1.82, 2.24) is 0 Å². The highest BCUT2D eigenvalue weighted by Gasteiger charge is 1.92. The van der Waals surface area contributed by atoms with Gasteiger partial charge in [0, 0.05) is 0 Å². The molecular formula is C12H13NO. The van der Waals surface area contributed by atoms with Gasteiger partial charge < -0.3 is 0 Å². The third-order valence-electron chi connectivity index (χ3n) is 2.03. The molecule has 0 heterocycles.